The summed E-state index contributed by atoms with van der Waals surface area (Å²) in [6, 6.07) is 6.86. The molecule has 0 bridgehead atoms. The minimum atomic E-state index is -0.146. The molecule has 15 heavy (non-hydrogen) atoms. The van der Waals surface area contributed by atoms with Crippen molar-refractivity contribution >= 4 is 0 Å². The van der Waals surface area contributed by atoms with Crippen molar-refractivity contribution in [3.8, 4) is 0 Å². The summed E-state index contributed by atoms with van der Waals surface area (Å²) in [6.07, 6.45) is 0.988. The Morgan fingerprint density at radius 1 is 1.47 bits per heavy atom. The Balaban J connectivity index is 1.95. The second kappa shape index (κ2) is 4.29. The van der Waals surface area contributed by atoms with Crippen LogP contribution >= 0.6 is 0 Å². The third-order valence-electron chi connectivity index (χ3n) is 2.88. The van der Waals surface area contributed by atoms with Gasteiger partial charge in [0.05, 0.1) is 6.61 Å². The zero-order valence-corrected chi connectivity index (χ0v) is 8.92. The highest BCUT2D eigenvalue weighted by atomic mass is 19.1. The summed E-state index contributed by atoms with van der Waals surface area (Å²) >= 11 is 0. The maximum absolute atomic E-state index is 13.3. The molecule has 1 saturated heterocycles. The Morgan fingerprint density at radius 2 is 2.27 bits per heavy atom. The van der Waals surface area contributed by atoms with Crippen molar-refractivity contribution in [2.75, 3.05) is 13.2 Å². The number of hydrogen-bond donors (Lipinski definition) is 1. The number of benzene rings is 1. The molecule has 1 aromatic rings. The van der Waals surface area contributed by atoms with Gasteiger partial charge in [-0.05, 0) is 19.4 Å². The Labute approximate surface area is 89.4 Å². The first kappa shape index (κ1) is 10.6. The predicted molar refractivity (Wildman–Crippen MR) is 57.1 cm³/mol. The molecule has 2 nitrogen and oxygen atoms in total. The smallest absolute Gasteiger partial charge is 0.127 e. The fraction of sp³-hybridized carbons (Fsp3) is 0.500. The third kappa shape index (κ3) is 2.55. The van der Waals surface area contributed by atoms with Gasteiger partial charge in [0.15, 0.2) is 0 Å². The van der Waals surface area contributed by atoms with Crippen molar-refractivity contribution < 1.29 is 9.13 Å². The van der Waals surface area contributed by atoms with Gasteiger partial charge in [-0.3, -0.25) is 0 Å². The van der Waals surface area contributed by atoms with E-state index in [2.05, 4.69) is 12.2 Å². The lowest BCUT2D eigenvalue weighted by Gasteiger charge is -2.23. The summed E-state index contributed by atoms with van der Waals surface area (Å²) in [6.45, 7) is 4.18. The zero-order chi connectivity index (χ0) is 10.7. The molecule has 1 fully saturated rings. The predicted octanol–water partition coefficient (Wildman–Crippen LogP) is 2.09. The van der Waals surface area contributed by atoms with Crippen LogP contribution in [0.4, 0.5) is 4.39 Å². The van der Waals surface area contributed by atoms with E-state index in [1.54, 1.807) is 6.07 Å². The molecule has 1 aromatic carbocycles. The monoisotopic (exact) mass is 209 g/mol. The van der Waals surface area contributed by atoms with Crippen molar-refractivity contribution in [3.63, 3.8) is 0 Å². The van der Waals surface area contributed by atoms with Crippen LogP contribution in [0, 0.1) is 5.82 Å². The van der Waals surface area contributed by atoms with Crippen molar-refractivity contribution in [1.29, 1.82) is 0 Å². The quantitative estimate of drug-likeness (QED) is 0.823. The SMILES string of the molecule is CC1(NCc2ccccc2F)CCOC1. The van der Waals surface area contributed by atoms with Crippen LogP contribution < -0.4 is 5.32 Å². The molecule has 3 heteroatoms. The van der Waals surface area contributed by atoms with E-state index in [0.717, 1.165) is 13.0 Å². The van der Waals surface area contributed by atoms with Gasteiger partial charge in [0.25, 0.3) is 0 Å². The van der Waals surface area contributed by atoms with Crippen LogP contribution in [0.2, 0.25) is 0 Å². The highest BCUT2D eigenvalue weighted by molar-refractivity contribution is 5.17. The average Bonchev–Trinajstić information content (AvgIpc) is 2.65. The third-order valence-corrected chi connectivity index (χ3v) is 2.88. The van der Waals surface area contributed by atoms with Crippen LogP contribution in [-0.4, -0.2) is 18.8 Å². The van der Waals surface area contributed by atoms with E-state index in [9.17, 15) is 4.39 Å². The molecule has 1 heterocycles. The molecule has 82 valence electrons. The lowest BCUT2D eigenvalue weighted by atomic mass is 10.0. The Bertz CT molecular complexity index is 334. The van der Waals surface area contributed by atoms with Gasteiger partial charge in [-0.15, -0.1) is 0 Å². The molecule has 2 rings (SSSR count). The Morgan fingerprint density at radius 3 is 2.93 bits per heavy atom. The van der Waals surface area contributed by atoms with E-state index in [4.69, 9.17) is 4.74 Å². The number of halogens is 1. The summed E-state index contributed by atoms with van der Waals surface area (Å²) in [4.78, 5) is 0. The molecule has 1 atom stereocenters. The fourth-order valence-corrected chi connectivity index (χ4v) is 1.76. The number of ether oxygens (including phenoxy) is 1. The minimum absolute atomic E-state index is 0.00226. The zero-order valence-electron chi connectivity index (χ0n) is 8.92. The summed E-state index contributed by atoms with van der Waals surface area (Å²) in [5.74, 6) is -0.146. The van der Waals surface area contributed by atoms with Crippen LogP contribution in [0.15, 0.2) is 24.3 Å². The van der Waals surface area contributed by atoms with Crippen LogP contribution in [0.1, 0.15) is 18.9 Å². The van der Waals surface area contributed by atoms with Crippen molar-refractivity contribution in [2.45, 2.75) is 25.4 Å². The molecule has 0 spiro atoms. The maximum atomic E-state index is 13.3. The first-order valence-electron chi connectivity index (χ1n) is 5.26. The van der Waals surface area contributed by atoms with Crippen molar-refractivity contribution in [3.05, 3.63) is 35.6 Å². The molecular weight excluding hydrogens is 193 g/mol. The molecular formula is C12H16FNO. The standard InChI is InChI=1S/C12H16FNO/c1-12(6-7-15-9-12)14-8-10-4-2-3-5-11(10)13/h2-5,14H,6-9H2,1H3. The van der Waals surface area contributed by atoms with Gasteiger partial charge >= 0.3 is 0 Å². The summed E-state index contributed by atoms with van der Waals surface area (Å²) in [5, 5.41) is 3.35. The molecule has 0 amide bonds. The molecule has 0 aliphatic carbocycles. The minimum Gasteiger partial charge on any atom is -0.379 e. The molecule has 1 unspecified atom stereocenters. The second-order valence-electron chi connectivity index (χ2n) is 4.31. The largest absolute Gasteiger partial charge is 0.379 e. The van der Waals surface area contributed by atoms with Gasteiger partial charge in [0.2, 0.25) is 0 Å². The van der Waals surface area contributed by atoms with E-state index in [0.29, 0.717) is 18.7 Å². The van der Waals surface area contributed by atoms with E-state index < -0.39 is 0 Å². The average molecular weight is 209 g/mol. The molecule has 1 aliphatic rings. The summed E-state index contributed by atoms with van der Waals surface area (Å²) < 4.78 is 18.6. The number of rotatable bonds is 3. The van der Waals surface area contributed by atoms with Crippen molar-refractivity contribution in [2.24, 2.45) is 0 Å². The van der Waals surface area contributed by atoms with Crippen LogP contribution in [-0.2, 0) is 11.3 Å². The molecule has 1 N–H and O–H groups in total. The first-order chi connectivity index (χ1) is 7.20. The van der Waals surface area contributed by atoms with Gasteiger partial charge in [-0.25, -0.2) is 4.39 Å². The molecule has 0 aromatic heterocycles. The molecule has 0 saturated carbocycles. The molecule has 0 radical (unpaired) electrons. The fourth-order valence-electron chi connectivity index (χ4n) is 1.76. The van der Waals surface area contributed by atoms with E-state index in [1.807, 2.05) is 12.1 Å². The highest BCUT2D eigenvalue weighted by Gasteiger charge is 2.28. The molecule has 1 aliphatic heterocycles. The highest BCUT2D eigenvalue weighted by Crippen LogP contribution is 2.18. The first-order valence-corrected chi connectivity index (χ1v) is 5.26. The van der Waals surface area contributed by atoms with Gasteiger partial charge in [-0.2, -0.15) is 0 Å². The van der Waals surface area contributed by atoms with Gasteiger partial charge < -0.3 is 10.1 Å². The van der Waals surface area contributed by atoms with E-state index in [-0.39, 0.29) is 11.4 Å². The lowest BCUT2D eigenvalue weighted by molar-refractivity contribution is 0.171. The van der Waals surface area contributed by atoms with Crippen LogP contribution in [0.25, 0.3) is 0 Å². The lowest BCUT2D eigenvalue weighted by Crippen LogP contribution is -2.42. The van der Waals surface area contributed by atoms with Crippen LogP contribution in [0.5, 0.6) is 0 Å². The van der Waals surface area contributed by atoms with Crippen molar-refractivity contribution in [1.82, 2.24) is 5.32 Å². The Hall–Kier alpha value is -0.930. The summed E-state index contributed by atoms with van der Waals surface area (Å²) in [7, 11) is 0. The van der Waals surface area contributed by atoms with E-state index >= 15 is 0 Å². The van der Waals surface area contributed by atoms with E-state index in [1.165, 1.54) is 6.07 Å². The maximum Gasteiger partial charge on any atom is 0.127 e. The normalized spacial score (nSPS) is 25.7. The summed E-state index contributed by atoms with van der Waals surface area (Å²) in [5.41, 5.74) is 0.716. The Kier molecular flexibility index (Phi) is 3.03. The van der Waals surface area contributed by atoms with Crippen LogP contribution in [0.3, 0.4) is 0 Å². The number of hydrogen-bond acceptors (Lipinski definition) is 2. The van der Waals surface area contributed by atoms with Gasteiger partial charge in [0.1, 0.15) is 5.82 Å². The topological polar surface area (TPSA) is 21.3 Å². The number of nitrogens with one attached hydrogen (secondary N) is 1. The van der Waals surface area contributed by atoms with Gasteiger partial charge in [0, 0.05) is 24.3 Å². The second-order valence-corrected chi connectivity index (χ2v) is 4.31. The van der Waals surface area contributed by atoms with Gasteiger partial charge in [-0.1, -0.05) is 18.2 Å².